The summed E-state index contributed by atoms with van der Waals surface area (Å²) in [5.41, 5.74) is 3.08. The van der Waals surface area contributed by atoms with Gasteiger partial charge in [0.2, 0.25) is 0 Å². The maximum atomic E-state index is 13.0. The van der Waals surface area contributed by atoms with E-state index in [1.165, 1.54) is 0 Å². The molecular formula is C27H27NO2. The number of fused-ring (bicyclic) bond motifs is 1. The number of benzene rings is 3. The quantitative estimate of drug-likeness (QED) is 0.419. The summed E-state index contributed by atoms with van der Waals surface area (Å²) in [6.45, 7) is 4.67. The van der Waals surface area contributed by atoms with Crippen LogP contribution in [0.15, 0.2) is 89.1 Å². The van der Waals surface area contributed by atoms with Gasteiger partial charge in [0.1, 0.15) is 5.76 Å². The highest BCUT2D eigenvalue weighted by Gasteiger charge is 2.36. The van der Waals surface area contributed by atoms with Crippen LogP contribution in [0.3, 0.4) is 0 Å². The number of ketones is 1. The first-order chi connectivity index (χ1) is 14.4. The number of aliphatic hydroxyl groups excluding tert-OH is 1. The molecule has 0 bridgehead atoms. The standard InChI is InChI=1S/C27H27NO2/c1-27(2)16-23(28-18-19-9-4-3-5-10-19)26(25(30)17-27)24(29)15-21-13-8-12-20-11-6-7-14-22(20)21/h3-14,29H,15-18H2,1-2H3. The van der Waals surface area contributed by atoms with Gasteiger partial charge < -0.3 is 5.11 Å². The molecule has 0 heterocycles. The molecule has 1 saturated carbocycles. The minimum Gasteiger partial charge on any atom is -0.511 e. The van der Waals surface area contributed by atoms with E-state index in [2.05, 4.69) is 32.0 Å². The molecule has 1 fully saturated rings. The number of nitrogens with zero attached hydrogens (tertiary/aromatic N) is 1. The van der Waals surface area contributed by atoms with Crippen molar-refractivity contribution in [1.82, 2.24) is 0 Å². The molecule has 0 unspecified atom stereocenters. The van der Waals surface area contributed by atoms with E-state index in [-0.39, 0.29) is 17.0 Å². The molecular weight excluding hydrogens is 370 g/mol. The van der Waals surface area contributed by atoms with Crippen molar-refractivity contribution < 1.29 is 9.90 Å². The SMILES string of the molecule is CC1(C)CC(=O)C(=C(O)Cc2cccc3ccccc23)C(=NCc2ccccc2)C1. The van der Waals surface area contributed by atoms with Crippen LogP contribution in [0.4, 0.5) is 0 Å². The first-order valence-corrected chi connectivity index (χ1v) is 10.4. The van der Waals surface area contributed by atoms with Gasteiger partial charge in [0, 0.05) is 18.6 Å². The van der Waals surface area contributed by atoms with Crippen LogP contribution in [-0.2, 0) is 17.8 Å². The largest absolute Gasteiger partial charge is 0.511 e. The predicted octanol–water partition coefficient (Wildman–Crippen LogP) is 6.22. The molecule has 3 aromatic rings. The molecule has 1 aliphatic rings. The fourth-order valence-electron chi connectivity index (χ4n) is 4.24. The first-order valence-electron chi connectivity index (χ1n) is 10.4. The van der Waals surface area contributed by atoms with Crippen LogP contribution in [0.1, 0.15) is 37.8 Å². The molecule has 1 aliphatic carbocycles. The highest BCUT2D eigenvalue weighted by atomic mass is 16.3. The Hall–Kier alpha value is -3.20. The summed E-state index contributed by atoms with van der Waals surface area (Å²) in [6, 6.07) is 24.2. The monoisotopic (exact) mass is 397 g/mol. The van der Waals surface area contributed by atoms with Crippen molar-refractivity contribution in [2.75, 3.05) is 0 Å². The zero-order chi connectivity index (χ0) is 21.1. The van der Waals surface area contributed by atoms with Gasteiger partial charge in [-0.2, -0.15) is 0 Å². The average Bonchev–Trinajstić information content (AvgIpc) is 2.72. The molecule has 0 spiro atoms. The molecule has 0 amide bonds. The van der Waals surface area contributed by atoms with E-state index < -0.39 is 0 Å². The Morgan fingerprint density at radius 2 is 1.63 bits per heavy atom. The van der Waals surface area contributed by atoms with E-state index >= 15 is 0 Å². The highest BCUT2D eigenvalue weighted by molar-refractivity contribution is 6.24. The second kappa shape index (κ2) is 8.27. The third-order valence-corrected chi connectivity index (χ3v) is 5.67. The van der Waals surface area contributed by atoms with E-state index in [9.17, 15) is 9.90 Å². The Balaban J connectivity index is 1.72. The van der Waals surface area contributed by atoms with Crippen molar-refractivity contribution >= 4 is 22.3 Å². The Bertz CT molecular complexity index is 1130. The van der Waals surface area contributed by atoms with Gasteiger partial charge in [-0.3, -0.25) is 9.79 Å². The Morgan fingerprint density at radius 3 is 2.43 bits per heavy atom. The summed E-state index contributed by atoms with van der Waals surface area (Å²) in [4.78, 5) is 17.8. The Morgan fingerprint density at radius 1 is 0.933 bits per heavy atom. The zero-order valence-electron chi connectivity index (χ0n) is 17.6. The van der Waals surface area contributed by atoms with Crippen LogP contribution >= 0.6 is 0 Å². The minimum absolute atomic E-state index is 0.0178. The van der Waals surface area contributed by atoms with Gasteiger partial charge in [-0.15, -0.1) is 0 Å². The summed E-state index contributed by atoms with van der Waals surface area (Å²) in [6.07, 6.45) is 1.43. The molecule has 152 valence electrons. The van der Waals surface area contributed by atoms with Crippen molar-refractivity contribution in [1.29, 1.82) is 0 Å². The van der Waals surface area contributed by atoms with Crippen LogP contribution in [0.5, 0.6) is 0 Å². The molecule has 3 aromatic carbocycles. The second-order valence-corrected chi connectivity index (χ2v) is 8.83. The second-order valence-electron chi connectivity index (χ2n) is 8.83. The van der Waals surface area contributed by atoms with Crippen LogP contribution in [0.25, 0.3) is 10.8 Å². The molecule has 30 heavy (non-hydrogen) atoms. The van der Waals surface area contributed by atoms with Crippen molar-refractivity contribution in [3.63, 3.8) is 0 Å². The molecule has 4 rings (SSSR count). The van der Waals surface area contributed by atoms with Crippen LogP contribution < -0.4 is 0 Å². The van der Waals surface area contributed by atoms with E-state index in [1.807, 2.05) is 54.6 Å². The van der Waals surface area contributed by atoms with Gasteiger partial charge in [-0.25, -0.2) is 0 Å². The van der Waals surface area contributed by atoms with Gasteiger partial charge in [-0.05, 0) is 33.7 Å². The molecule has 3 nitrogen and oxygen atoms in total. The fraction of sp³-hybridized carbons (Fsp3) is 0.259. The van der Waals surface area contributed by atoms with Gasteiger partial charge in [0.05, 0.1) is 12.1 Å². The van der Waals surface area contributed by atoms with Gasteiger partial charge in [-0.1, -0.05) is 86.6 Å². The van der Waals surface area contributed by atoms with Crippen molar-refractivity contribution in [2.45, 2.75) is 39.7 Å². The maximum Gasteiger partial charge on any atom is 0.168 e. The van der Waals surface area contributed by atoms with Crippen molar-refractivity contribution in [2.24, 2.45) is 10.4 Å². The number of carbonyl (C=O) groups is 1. The van der Waals surface area contributed by atoms with Crippen molar-refractivity contribution in [3.05, 3.63) is 95.3 Å². The normalized spacial score (nSPS) is 19.3. The predicted molar refractivity (Wildman–Crippen MR) is 123 cm³/mol. The fourth-order valence-corrected chi connectivity index (χ4v) is 4.24. The number of carbonyl (C=O) groups excluding carboxylic acids is 1. The summed E-state index contributed by atoms with van der Waals surface area (Å²) < 4.78 is 0. The molecule has 3 heteroatoms. The summed E-state index contributed by atoms with van der Waals surface area (Å²) in [5.74, 6) is 0.106. The lowest BCUT2D eigenvalue weighted by Crippen LogP contribution is -2.33. The molecule has 0 aromatic heterocycles. The Kier molecular flexibility index (Phi) is 5.54. The number of aliphatic hydroxyl groups is 1. The first kappa shape index (κ1) is 20.1. The maximum absolute atomic E-state index is 13.0. The van der Waals surface area contributed by atoms with E-state index in [1.54, 1.807) is 0 Å². The van der Waals surface area contributed by atoms with Gasteiger partial charge >= 0.3 is 0 Å². The molecule has 0 radical (unpaired) electrons. The number of hydrogen-bond donors (Lipinski definition) is 1. The van der Waals surface area contributed by atoms with Gasteiger partial charge in [0.15, 0.2) is 5.78 Å². The number of hydrogen-bond acceptors (Lipinski definition) is 3. The molecule has 1 N–H and O–H groups in total. The lowest BCUT2D eigenvalue weighted by Gasteiger charge is -2.31. The van der Waals surface area contributed by atoms with E-state index in [4.69, 9.17) is 4.99 Å². The lowest BCUT2D eigenvalue weighted by atomic mass is 9.73. The number of aliphatic imine (C=N–C) groups is 1. The number of rotatable bonds is 4. The number of Topliss-reactive ketones (excluding diaryl/α,β-unsaturated/α-hetero) is 1. The lowest BCUT2D eigenvalue weighted by molar-refractivity contribution is -0.117. The summed E-state index contributed by atoms with van der Waals surface area (Å²) >= 11 is 0. The zero-order valence-corrected chi connectivity index (χ0v) is 17.6. The molecule has 0 aliphatic heterocycles. The van der Waals surface area contributed by atoms with Crippen LogP contribution in [0.2, 0.25) is 0 Å². The van der Waals surface area contributed by atoms with E-state index in [0.717, 1.165) is 27.6 Å². The smallest absolute Gasteiger partial charge is 0.168 e. The minimum atomic E-state index is -0.157. The average molecular weight is 398 g/mol. The van der Waals surface area contributed by atoms with Crippen LogP contribution in [0, 0.1) is 5.41 Å². The van der Waals surface area contributed by atoms with Crippen molar-refractivity contribution in [3.8, 4) is 0 Å². The third kappa shape index (κ3) is 4.35. The van der Waals surface area contributed by atoms with Gasteiger partial charge in [0.25, 0.3) is 0 Å². The molecule has 0 saturated heterocycles. The summed E-state index contributed by atoms with van der Waals surface area (Å²) in [7, 11) is 0. The summed E-state index contributed by atoms with van der Waals surface area (Å²) in [5, 5.41) is 13.3. The number of allylic oxidation sites excluding steroid dienone is 2. The van der Waals surface area contributed by atoms with Crippen LogP contribution in [-0.4, -0.2) is 16.6 Å². The molecule has 0 atom stereocenters. The third-order valence-electron chi connectivity index (χ3n) is 5.67. The topological polar surface area (TPSA) is 49.7 Å². The van der Waals surface area contributed by atoms with E-state index in [0.29, 0.717) is 31.4 Å². The highest BCUT2D eigenvalue weighted by Crippen LogP contribution is 2.36. The Labute approximate surface area is 177 Å².